The molecule has 7 nitrogen and oxygen atoms in total. The standard InChI is InChI=1S/C23H29N3O4/c1-28-20-14-17(15-21(29-2)23(20)30-3)7-8-22(27)25-18-9-12-26(13-10-18)16-19-6-4-5-11-24-19/h4-8,11,14-15,18H,9-10,12-13,16H2,1-3H3,(H,25,27). The number of rotatable bonds is 8. The Labute approximate surface area is 177 Å². The molecule has 7 heteroatoms. The maximum atomic E-state index is 12.4. The van der Waals surface area contributed by atoms with Crippen molar-refractivity contribution in [3.05, 3.63) is 53.9 Å². The summed E-state index contributed by atoms with van der Waals surface area (Å²) in [5.74, 6) is 1.53. The van der Waals surface area contributed by atoms with E-state index in [1.807, 2.05) is 24.4 Å². The molecule has 1 aliphatic rings. The van der Waals surface area contributed by atoms with Crippen molar-refractivity contribution in [2.24, 2.45) is 0 Å². The molecule has 1 amide bonds. The number of hydrogen-bond acceptors (Lipinski definition) is 6. The van der Waals surface area contributed by atoms with E-state index in [-0.39, 0.29) is 11.9 Å². The maximum absolute atomic E-state index is 12.4. The molecule has 30 heavy (non-hydrogen) atoms. The third-order valence-corrected chi connectivity index (χ3v) is 5.16. The van der Waals surface area contributed by atoms with E-state index in [0.29, 0.717) is 17.2 Å². The smallest absolute Gasteiger partial charge is 0.244 e. The normalized spacial score (nSPS) is 15.2. The number of benzene rings is 1. The van der Waals surface area contributed by atoms with Crippen molar-refractivity contribution in [3.63, 3.8) is 0 Å². The molecule has 1 fully saturated rings. The Morgan fingerprint density at radius 1 is 1.13 bits per heavy atom. The van der Waals surface area contributed by atoms with Gasteiger partial charge in [-0.1, -0.05) is 6.07 Å². The molecule has 2 heterocycles. The molecule has 0 radical (unpaired) electrons. The van der Waals surface area contributed by atoms with E-state index in [2.05, 4.69) is 15.2 Å². The summed E-state index contributed by atoms with van der Waals surface area (Å²) in [6.45, 7) is 2.73. The van der Waals surface area contributed by atoms with Crippen molar-refractivity contribution >= 4 is 12.0 Å². The molecule has 0 spiro atoms. The lowest BCUT2D eigenvalue weighted by Gasteiger charge is -2.31. The number of likely N-dealkylation sites (tertiary alicyclic amines) is 1. The monoisotopic (exact) mass is 411 g/mol. The van der Waals surface area contributed by atoms with Crippen LogP contribution in [0.3, 0.4) is 0 Å². The third-order valence-electron chi connectivity index (χ3n) is 5.16. The molecule has 1 aromatic heterocycles. The van der Waals surface area contributed by atoms with Crippen LogP contribution in [-0.4, -0.2) is 56.3 Å². The minimum Gasteiger partial charge on any atom is -0.493 e. The lowest BCUT2D eigenvalue weighted by atomic mass is 10.0. The van der Waals surface area contributed by atoms with E-state index < -0.39 is 0 Å². The first kappa shape index (κ1) is 21.6. The summed E-state index contributed by atoms with van der Waals surface area (Å²) in [5.41, 5.74) is 1.87. The number of carbonyl (C=O) groups is 1. The van der Waals surface area contributed by atoms with Gasteiger partial charge in [-0.25, -0.2) is 0 Å². The number of piperidine rings is 1. The molecule has 1 aromatic carbocycles. The van der Waals surface area contributed by atoms with Gasteiger partial charge in [0, 0.05) is 37.9 Å². The number of pyridine rings is 1. The molecule has 0 bridgehead atoms. The van der Waals surface area contributed by atoms with Crippen LogP contribution < -0.4 is 19.5 Å². The fourth-order valence-corrected chi connectivity index (χ4v) is 3.57. The van der Waals surface area contributed by atoms with Gasteiger partial charge in [-0.2, -0.15) is 0 Å². The van der Waals surface area contributed by atoms with E-state index in [0.717, 1.165) is 43.7 Å². The highest BCUT2D eigenvalue weighted by atomic mass is 16.5. The first-order chi connectivity index (χ1) is 14.6. The summed E-state index contributed by atoms with van der Waals surface area (Å²) in [5, 5.41) is 3.10. The molecule has 160 valence electrons. The van der Waals surface area contributed by atoms with Gasteiger partial charge < -0.3 is 19.5 Å². The van der Waals surface area contributed by atoms with Crippen LogP contribution in [-0.2, 0) is 11.3 Å². The molecule has 1 saturated heterocycles. The third kappa shape index (κ3) is 5.73. The van der Waals surface area contributed by atoms with E-state index in [1.165, 1.54) is 0 Å². The number of aromatic nitrogens is 1. The minimum absolute atomic E-state index is 0.105. The Balaban J connectivity index is 1.52. The number of methoxy groups -OCH3 is 3. The van der Waals surface area contributed by atoms with Crippen LogP contribution in [0, 0.1) is 0 Å². The zero-order valence-corrected chi connectivity index (χ0v) is 17.8. The Morgan fingerprint density at radius 2 is 1.83 bits per heavy atom. The quantitative estimate of drug-likeness (QED) is 0.674. The van der Waals surface area contributed by atoms with Gasteiger partial charge in [-0.15, -0.1) is 0 Å². The van der Waals surface area contributed by atoms with Crippen molar-refractivity contribution in [1.82, 2.24) is 15.2 Å². The number of nitrogens with zero attached hydrogens (tertiary/aromatic N) is 2. The van der Waals surface area contributed by atoms with Crippen molar-refractivity contribution in [3.8, 4) is 17.2 Å². The molecule has 2 aromatic rings. The first-order valence-corrected chi connectivity index (χ1v) is 10.0. The van der Waals surface area contributed by atoms with Crippen LogP contribution in [0.2, 0.25) is 0 Å². The van der Waals surface area contributed by atoms with Crippen LogP contribution in [0.4, 0.5) is 0 Å². The summed E-state index contributed by atoms with van der Waals surface area (Å²) in [6.07, 6.45) is 6.97. The molecule has 0 saturated carbocycles. The van der Waals surface area contributed by atoms with Gasteiger partial charge in [-0.3, -0.25) is 14.7 Å². The second-order valence-corrected chi connectivity index (χ2v) is 7.17. The van der Waals surface area contributed by atoms with Gasteiger partial charge in [0.15, 0.2) is 11.5 Å². The van der Waals surface area contributed by atoms with E-state index >= 15 is 0 Å². The summed E-state index contributed by atoms with van der Waals surface area (Å²) >= 11 is 0. The first-order valence-electron chi connectivity index (χ1n) is 10.0. The van der Waals surface area contributed by atoms with Crippen molar-refractivity contribution in [1.29, 1.82) is 0 Å². The number of amides is 1. The molecule has 1 N–H and O–H groups in total. The fraction of sp³-hybridized carbons (Fsp3) is 0.391. The highest BCUT2D eigenvalue weighted by molar-refractivity contribution is 5.92. The van der Waals surface area contributed by atoms with Crippen LogP contribution >= 0.6 is 0 Å². The van der Waals surface area contributed by atoms with Crippen LogP contribution in [0.1, 0.15) is 24.1 Å². The number of nitrogens with one attached hydrogen (secondary N) is 1. The second kappa shape index (κ2) is 10.6. The topological polar surface area (TPSA) is 72.9 Å². The fourth-order valence-electron chi connectivity index (χ4n) is 3.57. The predicted molar refractivity (Wildman–Crippen MR) is 116 cm³/mol. The molecular formula is C23H29N3O4. The molecular weight excluding hydrogens is 382 g/mol. The van der Waals surface area contributed by atoms with Gasteiger partial charge in [0.2, 0.25) is 11.7 Å². The molecule has 3 rings (SSSR count). The highest BCUT2D eigenvalue weighted by Gasteiger charge is 2.20. The van der Waals surface area contributed by atoms with Crippen molar-refractivity contribution < 1.29 is 19.0 Å². The van der Waals surface area contributed by atoms with Gasteiger partial charge in [-0.05, 0) is 48.7 Å². The maximum Gasteiger partial charge on any atom is 0.244 e. The van der Waals surface area contributed by atoms with Crippen LogP contribution in [0.15, 0.2) is 42.6 Å². The molecule has 0 aliphatic carbocycles. The second-order valence-electron chi connectivity index (χ2n) is 7.17. The zero-order chi connectivity index (χ0) is 21.3. The minimum atomic E-state index is -0.105. The van der Waals surface area contributed by atoms with E-state index in [1.54, 1.807) is 45.6 Å². The number of hydrogen-bond donors (Lipinski definition) is 1. The summed E-state index contributed by atoms with van der Waals surface area (Å²) in [7, 11) is 4.69. The Bertz CT molecular complexity index is 837. The van der Waals surface area contributed by atoms with Gasteiger partial charge in [0.25, 0.3) is 0 Å². The van der Waals surface area contributed by atoms with E-state index in [4.69, 9.17) is 14.2 Å². The van der Waals surface area contributed by atoms with Crippen molar-refractivity contribution in [2.75, 3.05) is 34.4 Å². The Kier molecular flexibility index (Phi) is 7.68. The lowest BCUT2D eigenvalue weighted by molar-refractivity contribution is -0.117. The molecule has 0 atom stereocenters. The highest BCUT2D eigenvalue weighted by Crippen LogP contribution is 2.38. The lowest BCUT2D eigenvalue weighted by Crippen LogP contribution is -2.43. The van der Waals surface area contributed by atoms with Gasteiger partial charge in [0.05, 0.1) is 27.0 Å². The van der Waals surface area contributed by atoms with E-state index in [9.17, 15) is 4.79 Å². The number of carbonyl (C=O) groups excluding carboxylic acids is 1. The summed E-state index contributed by atoms with van der Waals surface area (Å²) in [4.78, 5) is 19.1. The zero-order valence-electron chi connectivity index (χ0n) is 17.8. The van der Waals surface area contributed by atoms with Gasteiger partial charge in [0.1, 0.15) is 0 Å². The predicted octanol–water partition coefficient (Wildman–Crippen LogP) is 2.90. The van der Waals surface area contributed by atoms with Crippen LogP contribution in [0.5, 0.6) is 17.2 Å². The Morgan fingerprint density at radius 3 is 2.40 bits per heavy atom. The average molecular weight is 412 g/mol. The largest absolute Gasteiger partial charge is 0.493 e. The SMILES string of the molecule is COc1cc(C=CC(=O)NC2CCN(Cc3ccccn3)CC2)cc(OC)c1OC. The Hall–Kier alpha value is -3.06. The summed E-state index contributed by atoms with van der Waals surface area (Å²) in [6, 6.07) is 9.78. The molecule has 1 aliphatic heterocycles. The average Bonchev–Trinajstić information content (AvgIpc) is 2.78. The van der Waals surface area contributed by atoms with Crippen molar-refractivity contribution in [2.45, 2.75) is 25.4 Å². The summed E-state index contributed by atoms with van der Waals surface area (Å²) < 4.78 is 16.0. The van der Waals surface area contributed by atoms with Crippen LogP contribution in [0.25, 0.3) is 6.08 Å². The molecule has 0 unspecified atom stereocenters. The number of ether oxygens (including phenoxy) is 3. The van der Waals surface area contributed by atoms with Gasteiger partial charge >= 0.3 is 0 Å².